The number of rotatable bonds is 9. The third-order valence-corrected chi connectivity index (χ3v) is 5.30. The Morgan fingerprint density at radius 1 is 1.28 bits per heavy atom. The maximum Gasteiger partial charge on any atom is 0.276 e. The van der Waals surface area contributed by atoms with Crippen LogP contribution in [-0.2, 0) is 14.8 Å². The molecule has 0 fully saturated rings. The molecule has 0 aliphatic rings. The molecule has 0 radical (unpaired) electrons. The van der Waals surface area contributed by atoms with Crippen LogP contribution < -0.4 is 19.6 Å². The van der Waals surface area contributed by atoms with Crippen LogP contribution in [0.3, 0.4) is 0 Å². The van der Waals surface area contributed by atoms with Gasteiger partial charge in [-0.1, -0.05) is 12.7 Å². The number of amides is 1. The smallest absolute Gasteiger partial charge is 0.276 e. The molecule has 0 spiro atoms. The van der Waals surface area contributed by atoms with E-state index in [1.54, 1.807) is 18.2 Å². The van der Waals surface area contributed by atoms with E-state index >= 15 is 0 Å². The summed E-state index contributed by atoms with van der Waals surface area (Å²) in [6, 6.07) is 9.08. The van der Waals surface area contributed by atoms with Crippen LogP contribution in [0.2, 0.25) is 0 Å². The first kappa shape index (κ1) is 22.4. The Labute approximate surface area is 177 Å². The average Bonchev–Trinajstić information content (AvgIpc) is 2.66. The number of methoxy groups -OCH3 is 1. The molecule has 0 aromatic heterocycles. The van der Waals surface area contributed by atoms with Gasteiger partial charge in [-0.2, -0.15) is 13.5 Å². The zero-order valence-electron chi connectivity index (χ0n) is 15.8. The van der Waals surface area contributed by atoms with Gasteiger partial charge in [-0.25, -0.2) is 4.83 Å². The Hall–Kier alpha value is -2.85. The highest BCUT2D eigenvalue weighted by molar-refractivity contribution is 9.10. The second kappa shape index (κ2) is 10.1. The topological polar surface area (TPSA) is 106 Å². The highest BCUT2D eigenvalue weighted by Gasteiger charge is 2.13. The molecular weight excluding hydrogens is 462 g/mol. The number of nitrogens with one attached hydrogen (secondary N) is 2. The summed E-state index contributed by atoms with van der Waals surface area (Å²) in [4.78, 5) is 13.2. The molecule has 10 heteroatoms. The lowest BCUT2D eigenvalue weighted by Gasteiger charge is -2.12. The van der Waals surface area contributed by atoms with Crippen molar-refractivity contribution in [1.29, 1.82) is 0 Å². The molecule has 0 saturated carbocycles. The minimum atomic E-state index is -3.86. The predicted molar refractivity (Wildman–Crippen MR) is 115 cm³/mol. The van der Waals surface area contributed by atoms with Gasteiger partial charge in [-0.15, -0.1) is 0 Å². The zero-order chi connectivity index (χ0) is 21.4. The molecular formula is C19H20BrN3O5S. The van der Waals surface area contributed by atoms with Crippen LogP contribution in [0.4, 0.5) is 5.69 Å². The first-order valence-electron chi connectivity index (χ1n) is 8.30. The molecule has 0 unspecified atom stereocenters. The van der Waals surface area contributed by atoms with Crippen LogP contribution >= 0.6 is 15.9 Å². The van der Waals surface area contributed by atoms with Gasteiger partial charge in [-0.05, 0) is 57.9 Å². The average molecular weight is 482 g/mol. The molecule has 2 aromatic carbocycles. The third-order valence-electron chi connectivity index (χ3n) is 3.47. The summed E-state index contributed by atoms with van der Waals surface area (Å²) >= 11 is 3.39. The van der Waals surface area contributed by atoms with Crippen LogP contribution in [0, 0.1) is 0 Å². The number of hydrogen-bond acceptors (Lipinski definition) is 6. The number of halogens is 1. The van der Waals surface area contributed by atoms with E-state index in [4.69, 9.17) is 9.47 Å². The highest BCUT2D eigenvalue weighted by atomic mass is 79.9. The second-order valence-electron chi connectivity index (χ2n) is 5.69. The quantitative estimate of drug-likeness (QED) is 0.324. The summed E-state index contributed by atoms with van der Waals surface area (Å²) in [5.41, 5.74) is 1.08. The highest BCUT2D eigenvalue weighted by Crippen LogP contribution is 2.36. The molecule has 29 heavy (non-hydrogen) atoms. The van der Waals surface area contributed by atoms with Crippen LogP contribution in [0.5, 0.6) is 11.5 Å². The summed E-state index contributed by atoms with van der Waals surface area (Å²) in [6.45, 7) is 5.27. The van der Waals surface area contributed by atoms with E-state index in [-0.39, 0.29) is 10.8 Å². The van der Waals surface area contributed by atoms with E-state index in [9.17, 15) is 13.2 Å². The van der Waals surface area contributed by atoms with Gasteiger partial charge in [-0.3, -0.25) is 4.79 Å². The van der Waals surface area contributed by atoms with E-state index in [0.717, 1.165) is 0 Å². The SMILES string of the molecule is C=CCOc1c(Br)cc(/C=N\NS(=O)(=O)c2ccc(NC(C)=O)cc2)cc1OC. The number of sulfonamides is 1. The van der Waals surface area contributed by atoms with Gasteiger partial charge in [0.1, 0.15) is 6.61 Å². The number of nitrogens with zero attached hydrogens (tertiary/aromatic N) is 1. The van der Waals surface area contributed by atoms with Crippen LogP contribution in [0.1, 0.15) is 12.5 Å². The molecule has 0 atom stereocenters. The van der Waals surface area contributed by atoms with Crippen molar-refractivity contribution < 1.29 is 22.7 Å². The van der Waals surface area contributed by atoms with Crippen molar-refractivity contribution in [2.24, 2.45) is 5.10 Å². The Morgan fingerprint density at radius 2 is 1.97 bits per heavy atom. The molecule has 0 bridgehead atoms. The third kappa shape index (κ3) is 6.33. The van der Waals surface area contributed by atoms with Gasteiger partial charge in [0.15, 0.2) is 11.5 Å². The van der Waals surface area contributed by atoms with Crippen molar-refractivity contribution in [1.82, 2.24) is 4.83 Å². The van der Waals surface area contributed by atoms with Gasteiger partial charge < -0.3 is 14.8 Å². The van der Waals surface area contributed by atoms with Crippen molar-refractivity contribution in [3.8, 4) is 11.5 Å². The monoisotopic (exact) mass is 481 g/mol. The number of carbonyl (C=O) groups is 1. The molecule has 2 rings (SSSR count). The fourth-order valence-corrected chi connectivity index (χ4v) is 3.61. The van der Waals surface area contributed by atoms with Crippen LogP contribution in [0.25, 0.3) is 0 Å². The normalized spacial score (nSPS) is 11.1. The van der Waals surface area contributed by atoms with E-state index in [1.807, 2.05) is 0 Å². The van der Waals surface area contributed by atoms with Gasteiger partial charge in [0.2, 0.25) is 5.91 Å². The standard InChI is InChI=1S/C19H20BrN3O5S/c1-4-9-28-19-17(20)10-14(11-18(19)27-3)12-21-23-29(25,26)16-7-5-15(6-8-16)22-13(2)24/h4-8,10-12,23H,1,9H2,2-3H3,(H,22,24)/b21-12-. The molecule has 0 heterocycles. The molecule has 2 N–H and O–H groups in total. The fraction of sp³-hybridized carbons (Fsp3) is 0.158. The molecule has 154 valence electrons. The summed E-state index contributed by atoms with van der Waals surface area (Å²) < 4.78 is 36.1. The molecule has 0 aliphatic heterocycles. The van der Waals surface area contributed by atoms with Crippen LogP contribution in [0.15, 0.2) is 63.5 Å². The molecule has 8 nitrogen and oxygen atoms in total. The molecule has 0 saturated heterocycles. The summed E-state index contributed by atoms with van der Waals surface area (Å²) in [5, 5.41) is 6.37. The second-order valence-corrected chi connectivity index (χ2v) is 8.21. The Morgan fingerprint density at radius 3 is 2.55 bits per heavy atom. The van der Waals surface area contributed by atoms with Crippen LogP contribution in [-0.4, -0.2) is 34.3 Å². The minimum Gasteiger partial charge on any atom is -0.493 e. The van der Waals surface area contributed by atoms with Crippen molar-refractivity contribution in [2.75, 3.05) is 19.0 Å². The molecule has 1 amide bonds. The lowest BCUT2D eigenvalue weighted by molar-refractivity contribution is -0.114. The van der Waals surface area contributed by atoms with Gasteiger partial charge in [0.25, 0.3) is 10.0 Å². The maximum atomic E-state index is 12.3. The lowest BCUT2D eigenvalue weighted by atomic mass is 10.2. The number of hydrazone groups is 1. The Balaban J connectivity index is 2.14. The number of ether oxygens (including phenoxy) is 2. The number of hydrogen-bond donors (Lipinski definition) is 2. The Kier molecular flexibility index (Phi) is 7.80. The van der Waals surface area contributed by atoms with Crippen molar-refractivity contribution in [3.63, 3.8) is 0 Å². The number of anilines is 1. The number of benzene rings is 2. The van der Waals surface area contributed by atoms with Crippen molar-refractivity contribution in [2.45, 2.75) is 11.8 Å². The van der Waals surface area contributed by atoms with E-state index in [1.165, 1.54) is 44.5 Å². The number of carbonyl (C=O) groups excluding carboxylic acids is 1. The molecule has 0 aliphatic carbocycles. The summed E-state index contributed by atoms with van der Waals surface area (Å²) in [7, 11) is -2.36. The predicted octanol–water partition coefficient (Wildman–Crippen LogP) is 3.29. The minimum absolute atomic E-state index is 0.00989. The van der Waals surface area contributed by atoms with Gasteiger partial charge in [0.05, 0.1) is 22.7 Å². The molecule has 2 aromatic rings. The van der Waals surface area contributed by atoms with Crippen molar-refractivity contribution in [3.05, 3.63) is 59.1 Å². The fourth-order valence-electron chi connectivity index (χ4n) is 2.24. The van der Waals surface area contributed by atoms with E-state index < -0.39 is 10.0 Å². The van der Waals surface area contributed by atoms with Crippen molar-refractivity contribution >= 4 is 43.8 Å². The largest absolute Gasteiger partial charge is 0.493 e. The summed E-state index contributed by atoms with van der Waals surface area (Å²) in [5.74, 6) is 0.717. The first-order valence-corrected chi connectivity index (χ1v) is 10.6. The van der Waals surface area contributed by atoms with E-state index in [2.05, 4.69) is 37.8 Å². The van der Waals surface area contributed by atoms with Gasteiger partial charge in [0, 0.05) is 12.6 Å². The van der Waals surface area contributed by atoms with Gasteiger partial charge >= 0.3 is 0 Å². The first-order chi connectivity index (χ1) is 13.8. The van der Waals surface area contributed by atoms with E-state index in [0.29, 0.717) is 33.8 Å². The Bertz CT molecular complexity index is 1020. The zero-order valence-corrected chi connectivity index (χ0v) is 18.2. The summed E-state index contributed by atoms with van der Waals surface area (Å²) in [6.07, 6.45) is 2.95. The maximum absolute atomic E-state index is 12.3. The lowest BCUT2D eigenvalue weighted by Crippen LogP contribution is -2.18.